The highest BCUT2D eigenvalue weighted by Crippen LogP contribution is 2.32. The number of hydrogen-bond donors (Lipinski definition) is 1. The number of aryl methyl sites for hydroxylation is 1. The summed E-state index contributed by atoms with van der Waals surface area (Å²) in [5.41, 5.74) is 2.68. The Morgan fingerprint density at radius 3 is 2.86 bits per heavy atom. The molecule has 0 saturated carbocycles. The molecular weight excluding hydrogens is 266 g/mol. The number of benzene rings is 2. The fourth-order valence-corrected chi connectivity index (χ4v) is 2.09. The van der Waals surface area contributed by atoms with Crippen LogP contribution in [-0.2, 0) is 0 Å². The number of nitrogens with one attached hydrogen (secondary N) is 1. The predicted molar refractivity (Wildman–Crippen MR) is 80.8 cm³/mol. The van der Waals surface area contributed by atoms with Gasteiger partial charge < -0.3 is 14.8 Å². The number of anilines is 1. The minimum absolute atomic E-state index is 0.0894. The lowest BCUT2D eigenvalue weighted by Crippen LogP contribution is -1.96. The Kier molecular flexibility index (Phi) is 3.60. The van der Waals surface area contributed by atoms with E-state index in [-0.39, 0.29) is 12.6 Å². The van der Waals surface area contributed by atoms with E-state index < -0.39 is 0 Å². The van der Waals surface area contributed by atoms with Crippen molar-refractivity contribution in [1.82, 2.24) is 0 Å². The van der Waals surface area contributed by atoms with E-state index in [0.717, 1.165) is 11.3 Å². The molecular formula is C17H15NO3. The molecule has 106 valence electrons. The lowest BCUT2D eigenvalue weighted by molar-refractivity contribution is 0.104. The van der Waals surface area contributed by atoms with Crippen LogP contribution in [0.25, 0.3) is 0 Å². The highest BCUT2D eigenvalue weighted by Gasteiger charge is 2.14. The summed E-state index contributed by atoms with van der Waals surface area (Å²) in [6.07, 6.45) is 3.14. The van der Waals surface area contributed by atoms with Crippen LogP contribution in [0.3, 0.4) is 0 Å². The van der Waals surface area contributed by atoms with Crippen LogP contribution in [0.4, 0.5) is 5.69 Å². The SMILES string of the molecule is Cc1cccc(N/C=C/C(=O)c2ccc3c(c2)OCO3)c1. The quantitative estimate of drug-likeness (QED) is 0.688. The Hall–Kier alpha value is -2.75. The summed E-state index contributed by atoms with van der Waals surface area (Å²) < 4.78 is 10.5. The van der Waals surface area contributed by atoms with Gasteiger partial charge in [0.05, 0.1) is 0 Å². The van der Waals surface area contributed by atoms with Crippen molar-refractivity contribution < 1.29 is 14.3 Å². The Bertz CT molecular complexity index is 707. The molecule has 0 saturated heterocycles. The third-order valence-electron chi connectivity index (χ3n) is 3.16. The molecule has 4 heteroatoms. The number of hydrogen-bond acceptors (Lipinski definition) is 4. The summed E-state index contributed by atoms with van der Waals surface area (Å²) in [5.74, 6) is 1.20. The van der Waals surface area contributed by atoms with E-state index in [2.05, 4.69) is 5.32 Å². The monoisotopic (exact) mass is 281 g/mol. The van der Waals surface area contributed by atoms with Crippen LogP contribution >= 0.6 is 0 Å². The van der Waals surface area contributed by atoms with Gasteiger partial charge >= 0.3 is 0 Å². The molecule has 1 aliphatic heterocycles. The van der Waals surface area contributed by atoms with Crippen molar-refractivity contribution in [3.63, 3.8) is 0 Å². The fourth-order valence-electron chi connectivity index (χ4n) is 2.09. The van der Waals surface area contributed by atoms with Crippen molar-refractivity contribution in [1.29, 1.82) is 0 Å². The normalized spacial score (nSPS) is 12.6. The van der Waals surface area contributed by atoms with E-state index >= 15 is 0 Å². The van der Waals surface area contributed by atoms with Gasteiger partial charge in [0.15, 0.2) is 17.3 Å². The van der Waals surface area contributed by atoms with Crippen LogP contribution in [0.5, 0.6) is 11.5 Å². The summed E-state index contributed by atoms with van der Waals surface area (Å²) in [7, 11) is 0. The van der Waals surface area contributed by atoms with Crippen molar-refractivity contribution >= 4 is 11.5 Å². The van der Waals surface area contributed by atoms with Gasteiger partial charge in [0.1, 0.15) is 0 Å². The van der Waals surface area contributed by atoms with Crippen molar-refractivity contribution in [2.75, 3.05) is 12.1 Å². The fraction of sp³-hybridized carbons (Fsp3) is 0.118. The second-order valence-electron chi connectivity index (χ2n) is 4.78. The van der Waals surface area contributed by atoms with Gasteiger partial charge in [-0.3, -0.25) is 4.79 Å². The molecule has 1 N–H and O–H groups in total. The van der Waals surface area contributed by atoms with E-state index in [4.69, 9.17) is 9.47 Å². The van der Waals surface area contributed by atoms with Gasteiger partial charge in [-0.25, -0.2) is 0 Å². The van der Waals surface area contributed by atoms with Crippen molar-refractivity contribution in [2.45, 2.75) is 6.92 Å². The number of fused-ring (bicyclic) bond motifs is 1. The summed E-state index contributed by atoms with van der Waals surface area (Å²) in [5, 5.41) is 3.08. The number of carbonyl (C=O) groups excluding carboxylic acids is 1. The molecule has 21 heavy (non-hydrogen) atoms. The van der Waals surface area contributed by atoms with Crippen molar-refractivity contribution in [3.05, 3.63) is 65.9 Å². The molecule has 4 nitrogen and oxygen atoms in total. The average molecular weight is 281 g/mol. The topological polar surface area (TPSA) is 47.6 Å². The largest absolute Gasteiger partial charge is 0.454 e. The Labute approximate surface area is 123 Å². The maximum atomic E-state index is 12.1. The van der Waals surface area contributed by atoms with Crippen LogP contribution < -0.4 is 14.8 Å². The van der Waals surface area contributed by atoms with E-state index in [1.165, 1.54) is 6.08 Å². The zero-order chi connectivity index (χ0) is 14.7. The average Bonchev–Trinajstić information content (AvgIpc) is 2.94. The van der Waals surface area contributed by atoms with Crippen LogP contribution in [0, 0.1) is 6.92 Å². The molecule has 0 fully saturated rings. The molecule has 1 heterocycles. The molecule has 2 aromatic rings. The smallest absolute Gasteiger partial charge is 0.231 e. The first-order valence-corrected chi connectivity index (χ1v) is 6.66. The van der Waals surface area contributed by atoms with Crippen molar-refractivity contribution in [3.8, 4) is 11.5 Å². The zero-order valence-electron chi connectivity index (χ0n) is 11.6. The molecule has 0 radical (unpaired) electrons. The first-order valence-electron chi connectivity index (χ1n) is 6.66. The first kappa shape index (κ1) is 13.2. The Morgan fingerprint density at radius 1 is 1.14 bits per heavy atom. The van der Waals surface area contributed by atoms with E-state index in [9.17, 15) is 4.79 Å². The molecule has 0 amide bonds. The maximum absolute atomic E-state index is 12.1. The molecule has 0 bridgehead atoms. The predicted octanol–water partition coefficient (Wildman–Crippen LogP) is 3.53. The van der Waals surface area contributed by atoms with Gasteiger partial charge in [-0.05, 0) is 42.8 Å². The first-order chi connectivity index (χ1) is 10.2. The number of rotatable bonds is 4. The van der Waals surface area contributed by atoms with E-state index in [1.54, 1.807) is 24.4 Å². The van der Waals surface area contributed by atoms with E-state index in [1.807, 2.05) is 31.2 Å². The second-order valence-corrected chi connectivity index (χ2v) is 4.78. The summed E-state index contributed by atoms with van der Waals surface area (Å²) in [6.45, 7) is 2.23. The zero-order valence-corrected chi connectivity index (χ0v) is 11.6. The van der Waals surface area contributed by atoms with Gasteiger partial charge in [-0.2, -0.15) is 0 Å². The molecule has 0 aliphatic carbocycles. The highest BCUT2D eigenvalue weighted by molar-refractivity contribution is 6.05. The third kappa shape index (κ3) is 3.05. The molecule has 0 unspecified atom stereocenters. The summed E-state index contributed by atoms with van der Waals surface area (Å²) in [6, 6.07) is 13.1. The number of ether oxygens (including phenoxy) is 2. The standard InChI is InChI=1S/C17H15NO3/c1-12-3-2-4-14(9-12)18-8-7-15(19)13-5-6-16-17(10-13)21-11-20-16/h2-10,18H,11H2,1H3/b8-7+. The van der Waals surface area contributed by atoms with Crippen LogP contribution in [-0.4, -0.2) is 12.6 Å². The Morgan fingerprint density at radius 2 is 2.00 bits per heavy atom. The van der Waals surface area contributed by atoms with E-state index in [0.29, 0.717) is 17.1 Å². The number of allylic oxidation sites excluding steroid dienone is 1. The molecule has 0 spiro atoms. The van der Waals surface area contributed by atoms with Gasteiger partial charge in [0.2, 0.25) is 6.79 Å². The van der Waals surface area contributed by atoms with Crippen LogP contribution in [0.1, 0.15) is 15.9 Å². The molecule has 2 aromatic carbocycles. The minimum Gasteiger partial charge on any atom is -0.454 e. The maximum Gasteiger partial charge on any atom is 0.231 e. The lowest BCUT2D eigenvalue weighted by Gasteiger charge is -2.02. The molecule has 3 rings (SSSR count). The molecule has 0 aromatic heterocycles. The lowest BCUT2D eigenvalue weighted by atomic mass is 10.1. The van der Waals surface area contributed by atoms with Crippen LogP contribution in [0.15, 0.2) is 54.7 Å². The number of ketones is 1. The van der Waals surface area contributed by atoms with Crippen molar-refractivity contribution in [2.24, 2.45) is 0 Å². The van der Waals surface area contributed by atoms with Gasteiger partial charge in [0.25, 0.3) is 0 Å². The third-order valence-corrected chi connectivity index (χ3v) is 3.16. The second kappa shape index (κ2) is 5.71. The molecule has 0 atom stereocenters. The summed E-state index contributed by atoms with van der Waals surface area (Å²) >= 11 is 0. The molecule has 1 aliphatic rings. The highest BCUT2D eigenvalue weighted by atomic mass is 16.7. The van der Waals surface area contributed by atoms with Gasteiger partial charge in [-0.1, -0.05) is 12.1 Å². The van der Waals surface area contributed by atoms with Crippen LogP contribution in [0.2, 0.25) is 0 Å². The van der Waals surface area contributed by atoms with Gasteiger partial charge in [-0.15, -0.1) is 0 Å². The summed E-state index contributed by atoms with van der Waals surface area (Å²) in [4.78, 5) is 12.1. The minimum atomic E-state index is -0.0894. The Balaban J connectivity index is 1.67. The van der Waals surface area contributed by atoms with Gasteiger partial charge in [0, 0.05) is 23.5 Å². The number of carbonyl (C=O) groups is 1.